The van der Waals surface area contributed by atoms with Gasteiger partial charge in [-0.3, -0.25) is 13.9 Å². The van der Waals surface area contributed by atoms with Crippen LogP contribution in [0.15, 0.2) is 71.6 Å². The van der Waals surface area contributed by atoms with Gasteiger partial charge in [-0.25, -0.2) is 8.42 Å². The van der Waals surface area contributed by atoms with E-state index in [1.807, 2.05) is 0 Å². The molecule has 0 radical (unpaired) electrons. The molecule has 0 aliphatic rings. The molecule has 0 fully saturated rings. The highest BCUT2D eigenvalue weighted by Gasteiger charge is 2.37. The minimum atomic E-state index is -4.90. The first kappa shape index (κ1) is 34.5. The van der Waals surface area contributed by atoms with Gasteiger partial charge in [-0.15, -0.1) is 0 Å². The summed E-state index contributed by atoms with van der Waals surface area (Å²) in [5.41, 5.74) is -1.23. The van der Waals surface area contributed by atoms with Crippen LogP contribution < -0.4 is 9.62 Å². The van der Waals surface area contributed by atoms with Crippen LogP contribution in [0.25, 0.3) is 0 Å². The molecule has 2 amide bonds. The number of carbonyl (C=O) groups is 2. The van der Waals surface area contributed by atoms with Crippen LogP contribution in [0.2, 0.25) is 15.1 Å². The van der Waals surface area contributed by atoms with Gasteiger partial charge in [0.1, 0.15) is 12.6 Å². The topological polar surface area (TPSA) is 86.8 Å². The summed E-state index contributed by atoms with van der Waals surface area (Å²) in [6.07, 6.45) is -4.75. The number of benzene rings is 3. The zero-order valence-corrected chi connectivity index (χ0v) is 26.4. The molecule has 1 N–H and O–H groups in total. The van der Waals surface area contributed by atoms with Gasteiger partial charge in [0.25, 0.3) is 10.0 Å². The van der Waals surface area contributed by atoms with Crippen molar-refractivity contribution in [3.8, 4) is 0 Å². The van der Waals surface area contributed by atoms with E-state index in [9.17, 15) is 31.2 Å². The lowest BCUT2D eigenvalue weighted by Gasteiger charge is -2.33. The van der Waals surface area contributed by atoms with Crippen LogP contribution >= 0.6 is 34.8 Å². The molecule has 0 unspecified atom stereocenters. The van der Waals surface area contributed by atoms with Crippen molar-refractivity contribution in [2.45, 2.75) is 56.9 Å². The van der Waals surface area contributed by atoms with Crippen LogP contribution in [-0.4, -0.2) is 43.8 Å². The smallest absolute Gasteiger partial charge is 0.352 e. The second kappa shape index (κ2) is 14.2. The summed E-state index contributed by atoms with van der Waals surface area (Å²) in [6.45, 7) is 4.05. The number of hydrogen-bond donors (Lipinski definition) is 1. The number of carbonyl (C=O) groups excluding carboxylic acids is 2. The van der Waals surface area contributed by atoms with E-state index in [1.54, 1.807) is 32.9 Å². The van der Waals surface area contributed by atoms with E-state index in [4.69, 9.17) is 34.8 Å². The Balaban J connectivity index is 2.15. The molecule has 3 aromatic carbocycles. The van der Waals surface area contributed by atoms with Gasteiger partial charge in [0.2, 0.25) is 11.8 Å². The van der Waals surface area contributed by atoms with Crippen LogP contribution in [0.4, 0.5) is 18.9 Å². The number of hydrogen-bond acceptors (Lipinski definition) is 4. The van der Waals surface area contributed by atoms with Gasteiger partial charge in [0.15, 0.2) is 0 Å². The van der Waals surface area contributed by atoms with E-state index in [1.165, 1.54) is 41.3 Å². The molecule has 7 nitrogen and oxygen atoms in total. The molecule has 0 saturated carbocycles. The molecular formula is C29H29Cl3F3N3O4S. The SMILES string of the molecule is CC[C@@H](C(=O)NC(C)C)N(Cc1ccc(Cl)c(Cl)c1)C(=O)CN(c1ccc(Cl)c(C(F)(F)F)c1)S(=O)(=O)c1ccccc1. The minimum Gasteiger partial charge on any atom is -0.352 e. The van der Waals surface area contributed by atoms with Gasteiger partial charge in [-0.1, -0.05) is 66.0 Å². The zero-order chi connectivity index (χ0) is 32.1. The van der Waals surface area contributed by atoms with E-state index >= 15 is 0 Å². The molecule has 0 saturated heterocycles. The Bertz CT molecular complexity index is 1570. The minimum absolute atomic E-state index is 0.149. The standard InChI is InChI=1S/C29H29Cl3F3N3O4S/c1-4-26(28(40)36-18(2)3)37(16-19-10-12-24(31)25(32)14-19)27(39)17-38(43(41,42)21-8-6-5-7-9-21)20-11-13-23(30)22(15-20)29(33,34)35/h5-15,18,26H,4,16-17H2,1-3H3,(H,36,40)/t26-/m0/s1. The second-order valence-corrected chi connectivity index (χ2v) is 12.9. The van der Waals surface area contributed by atoms with Crippen LogP contribution in [-0.2, 0) is 32.3 Å². The van der Waals surface area contributed by atoms with Crippen molar-refractivity contribution in [2.75, 3.05) is 10.8 Å². The molecule has 14 heteroatoms. The molecule has 1 atom stereocenters. The molecule has 0 heterocycles. The quantitative estimate of drug-likeness (QED) is 0.233. The summed E-state index contributed by atoms with van der Waals surface area (Å²) in [6, 6.07) is 12.8. The van der Waals surface area contributed by atoms with Crippen molar-refractivity contribution in [1.29, 1.82) is 0 Å². The van der Waals surface area contributed by atoms with Crippen LogP contribution in [0.1, 0.15) is 38.3 Å². The van der Waals surface area contributed by atoms with Gasteiger partial charge in [-0.05, 0) is 68.3 Å². The summed E-state index contributed by atoms with van der Waals surface area (Å²) in [4.78, 5) is 28.1. The maximum Gasteiger partial charge on any atom is 0.417 e. The predicted molar refractivity (Wildman–Crippen MR) is 162 cm³/mol. The van der Waals surface area contributed by atoms with Crippen molar-refractivity contribution in [2.24, 2.45) is 0 Å². The van der Waals surface area contributed by atoms with Gasteiger partial charge < -0.3 is 10.2 Å². The number of anilines is 1. The van der Waals surface area contributed by atoms with Crippen LogP contribution in [0.3, 0.4) is 0 Å². The van der Waals surface area contributed by atoms with Crippen LogP contribution in [0, 0.1) is 0 Å². The van der Waals surface area contributed by atoms with Gasteiger partial charge in [-0.2, -0.15) is 13.2 Å². The lowest BCUT2D eigenvalue weighted by molar-refractivity contribution is -0.140. The summed E-state index contributed by atoms with van der Waals surface area (Å²) in [5.74, 6) is -1.34. The average Bonchev–Trinajstić information content (AvgIpc) is 2.93. The molecule has 0 spiro atoms. The third kappa shape index (κ3) is 8.56. The Hall–Kier alpha value is -2.99. The van der Waals surface area contributed by atoms with Gasteiger partial charge in [0, 0.05) is 12.6 Å². The Labute approximate surface area is 263 Å². The van der Waals surface area contributed by atoms with Crippen molar-refractivity contribution in [3.63, 3.8) is 0 Å². The third-order valence-electron chi connectivity index (χ3n) is 6.31. The second-order valence-electron chi connectivity index (χ2n) is 9.84. The highest BCUT2D eigenvalue weighted by Crippen LogP contribution is 2.38. The number of halogens is 6. The first-order valence-corrected chi connectivity index (χ1v) is 15.6. The maximum absolute atomic E-state index is 14.0. The molecular weight excluding hydrogens is 650 g/mol. The van der Waals surface area contributed by atoms with E-state index in [0.29, 0.717) is 15.9 Å². The Kier molecular flexibility index (Phi) is 11.4. The molecule has 43 heavy (non-hydrogen) atoms. The fourth-order valence-electron chi connectivity index (χ4n) is 4.27. The molecule has 0 aliphatic carbocycles. The van der Waals surface area contributed by atoms with Crippen molar-refractivity contribution < 1.29 is 31.2 Å². The first-order chi connectivity index (χ1) is 20.1. The van der Waals surface area contributed by atoms with Gasteiger partial charge in [0.05, 0.1) is 31.2 Å². The number of alkyl halides is 3. The zero-order valence-electron chi connectivity index (χ0n) is 23.3. The fourth-order valence-corrected chi connectivity index (χ4v) is 6.24. The number of sulfonamides is 1. The van der Waals surface area contributed by atoms with Crippen LogP contribution in [0.5, 0.6) is 0 Å². The van der Waals surface area contributed by atoms with E-state index in [0.717, 1.165) is 12.1 Å². The molecule has 0 aliphatic heterocycles. The molecule has 232 valence electrons. The summed E-state index contributed by atoms with van der Waals surface area (Å²) >= 11 is 18.0. The monoisotopic (exact) mass is 677 g/mol. The van der Waals surface area contributed by atoms with Gasteiger partial charge >= 0.3 is 6.18 Å². The summed E-state index contributed by atoms with van der Waals surface area (Å²) in [5, 5.41) is 2.57. The highest BCUT2D eigenvalue weighted by molar-refractivity contribution is 7.92. The largest absolute Gasteiger partial charge is 0.417 e. The summed E-state index contributed by atoms with van der Waals surface area (Å²) < 4.78 is 69.5. The Morgan fingerprint density at radius 2 is 1.53 bits per heavy atom. The lowest BCUT2D eigenvalue weighted by atomic mass is 10.1. The third-order valence-corrected chi connectivity index (χ3v) is 9.16. The molecule has 0 bridgehead atoms. The molecule has 3 rings (SSSR count). The normalized spacial score (nSPS) is 12.6. The number of amides is 2. The first-order valence-electron chi connectivity index (χ1n) is 13.0. The summed E-state index contributed by atoms with van der Waals surface area (Å²) in [7, 11) is -4.58. The maximum atomic E-state index is 14.0. The fraction of sp³-hybridized carbons (Fsp3) is 0.310. The number of nitrogens with zero attached hydrogens (tertiary/aromatic N) is 2. The highest BCUT2D eigenvalue weighted by atomic mass is 35.5. The van der Waals surface area contributed by atoms with E-state index < -0.39 is 56.9 Å². The number of rotatable bonds is 11. The Morgan fingerprint density at radius 3 is 2.09 bits per heavy atom. The molecule has 0 aromatic heterocycles. The van der Waals surface area contributed by atoms with E-state index in [-0.39, 0.29) is 33.9 Å². The van der Waals surface area contributed by atoms with E-state index in [2.05, 4.69) is 5.32 Å². The predicted octanol–water partition coefficient (Wildman–Crippen LogP) is 7.19. The molecule has 3 aromatic rings. The van der Waals surface area contributed by atoms with Crippen molar-refractivity contribution >= 4 is 62.3 Å². The Morgan fingerprint density at radius 1 is 0.907 bits per heavy atom. The van der Waals surface area contributed by atoms with Crippen molar-refractivity contribution in [3.05, 3.63) is 92.9 Å². The average molecular weight is 679 g/mol. The lowest BCUT2D eigenvalue weighted by Crippen LogP contribution is -2.53. The number of nitrogens with one attached hydrogen (secondary N) is 1. The van der Waals surface area contributed by atoms with Crippen molar-refractivity contribution in [1.82, 2.24) is 10.2 Å².